The van der Waals surface area contributed by atoms with E-state index in [1.165, 1.54) is 60.7 Å². The second-order valence-electron chi connectivity index (χ2n) is 11.2. The van der Waals surface area contributed by atoms with Crippen LogP contribution in [-0.2, 0) is 29.3 Å². The number of benzene rings is 4. The quantitative estimate of drug-likeness (QED) is 0.196. The van der Waals surface area contributed by atoms with Crippen molar-refractivity contribution in [3.8, 4) is 0 Å². The van der Waals surface area contributed by atoms with Gasteiger partial charge in [-0.25, -0.2) is 14.4 Å². The van der Waals surface area contributed by atoms with Crippen molar-refractivity contribution in [1.29, 1.82) is 0 Å². The van der Waals surface area contributed by atoms with E-state index in [2.05, 4.69) is 0 Å². The molecule has 2 heterocycles. The number of ether oxygens (including phenoxy) is 4. The molecule has 4 aromatic rings. The van der Waals surface area contributed by atoms with Crippen LogP contribution in [0.3, 0.4) is 0 Å². The molecule has 6 rings (SSSR count). The van der Waals surface area contributed by atoms with Crippen molar-refractivity contribution in [2.45, 2.75) is 36.1 Å². The minimum absolute atomic E-state index is 0.0673. The molecule has 0 radical (unpaired) electrons. The number of amides is 1. The number of carbonyl (C=O) groups is 4. The highest BCUT2D eigenvalue weighted by atomic mass is 19.3. The van der Waals surface area contributed by atoms with Gasteiger partial charge in [-0.05, 0) is 48.0 Å². The summed E-state index contributed by atoms with van der Waals surface area (Å²) < 4.78 is 54.9. The standard InChI is InChI=1S/C37H29F2NO9/c38-37(39)35(44)40(22-21-36(37,45)27-19-11-4-12-20-27)31-30(49-34(43)26-17-9-3-10-18-26)29(48-33(42)25-15-7-2-8-16-25)28(47-31)23-46-32(41)24-13-5-1-6-14-24/h1-22,28-31,45H,23H2/t28-,29-,30-,31-,36?/m1/s1. The molecule has 0 aromatic heterocycles. The van der Waals surface area contributed by atoms with Crippen molar-refractivity contribution < 1.29 is 52.0 Å². The van der Waals surface area contributed by atoms with Gasteiger partial charge in [0, 0.05) is 6.20 Å². The normalized spacial score (nSPS) is 24.2. The van der Waals surface area contributed by atoms with E-state index in [0.29, 0.717) is 4.90 Å². The highest BCUT2D eigenvalue weighted by Gasteiger charge is 2.65. The Morgan fingerprint density at radius 1 is 0.694 bits per heavy atom. The van der Waals surface area contributed by atoms with E-state index in [-0.39, 0.29) is 22.3 Å². The molecular weight excluding hydrogens is 640 g/mol. The summed E-state index contributed by atoms with van der Waals surface area (Å²) in [4.78, 5) is 53.6. The van der Waals surface area contributed by atoms with Crippen LogP contribution in [0.25, 0.3) is 0 Å². The van der Waals surface area contributed by atoms with E-state index >= 15 is 8.78 Å². The Kier molecular flexibility index (Phi) is 9.34. The van der Waals surface area contributed by atoms with Gasteiger partial charge in [-0.15, -0.1) is 0 Å². The number of hydrogen-bond donors (Lipinski definition) is 1. The van der Waals surface area contributed by atoms with E-state index in [9.17, 15) is 24.3 Å². The fourth-order valence-corrected chi connectivity index (χ4v) is 5.54. The van der Waals surface area contributed by atoms with Gasteiger partial charge in [-0.3, -0.25) is 9.69 Å². The minimum atomic E-state index is -4.44. The maximum Gasteiger partial charge on any atom is 0.360 e. The van der Waals surface area contributed by atoms with Crippen LogP contribution in [0, 0.1) is 0 Å². The van der Waals surface area contributed by atoms with E-state index < -0.39 is 66.5 Å². The minimum Gasteiger partial charge on any atom is -0.459 e. The van der Waals surface area contributed by atoms with Crippen molar-refractivity contribution in [1.82, 2.24) is 4.90 Å². The number of nitrogens with zero attached hydrogens (tertiary/aromatic N) is 1. The molecule has 49 heavy (non-hydrogen) atoms. The molecule has 0 spiro atoms. The van der Waals surface area contributed by atoms with Gasteiger partial charge in [0.05, 0.1) is 16.7 Å². The van der Waals surface area contributed by atoms with Crippen molar-refractivity contribution in [3.05, 3.63) is 156 Å². The molecule has 1 amide bonds. The van der Waals surface area contributed by atoms with Gasteiger partial charge in [-0.2, -0.15) is 8.78 Å². The smallest absolute Gasteiger partial charge is 0.360 e. The third-order valence-corrected chi connectivity index (χ3v) is 8.13. The molecule has 2 aliphatic heterocycles. The fourth-order valence-electron chi connectivity index (χ4n) is 5.54. The van der Waals surface area contributed by atoms with Crippen molar-refractivity contribution >= 4 is 23.8 Å². The maximum atomic E-state index is 15.9. The Morgan fingerprint density at radius 3 is 1.65 bits per heavy atom. The number of hydrogen-bond acceptors (Lipinski definition) is 9. The molecule has 0 bridgehead atoms. The van der Waals surface area contributed by atoms with Crippen LogP contribution in [0.15, 0.2) is 134 Å². The zero-order valence-electron chi connectivity index (χ0n) is 25.6. The van der Waals surface area contributed by atoms with E-state index in [4.69, 9.17) is 18.9 Å². The van der Waals surface area contributed by atoms with Gasteiger partial charge in [0.2, 0.25) is 0 Å². The Hall–Kier alpha value is -5.72. The number of halogens is 2. The summed E-state index contributed by atoms with van der Waals surface area (Å²) in [5, 5.41) is 11.1. The molecule has 2 aliphatic rings. The van der Waals surface area contributed by atoms with Crippen LogP contribution in [0.5, 0.6) is 0 Å². The van der Waals surface area contributed by atoms with E-state index in [1.54, 1.807) is 60.7 Å². The van der Waals surface area contributed by atoms with E-state index in [1.807, 2.05) is 0 Å². The third kappa shape index (κ3) is 6.56. The lowest BCUT2D eigenvalue weighted by molar-refractivity contribution is -0.207. The molecule has 0 saturated carbocycles. The van der Waals surface area contributed by atoms with E-state index in [0.717, 1.165) is 12.3 Å². The summed E-state index contributed by atoms with van der Waals surface area (Å²) in [6.07, 6.45) is -4.89. The summed E-state index contributed by atoms with van der Waals surface area (Å²) in [5.74, 6) is -8.93. The first-order valence-corrected chi connectivity index (χ1v) is 15.2. The highest BCUT2D eigenvalue weighted by molar-refractivity contribution is 5.91. The largest absolute Gasteiger partial charge is 0.459 e. The second-order valence-corrected chi connectivity index (χ2v) is 11.2. The zero-order valence-corrected chi connectivity index (χ0v) is 25.6. The average molecular weight is 670 g/mol. The van der Waals surface area contributed by atoms with Crippen molar-refractivity contribution in [2.24, 2.45) is 0 Å². The topological polar surface area (TPSA) is 129 Å². The first-order chi connectivity index (χ1) is 23.6. The van der Waals surface area contributed by atoms with Crippen LogP contribution in [-0.4, -0.2) is 70.9 Å². The van der Waals surface area contributed by atoms with Gasteiger partial charge in [0.25, 0.3) is 0 Å². The van der Waals surface area contributed by atoms with Gasteiger partial charge < -0.3 is 24.1 Å². The van der Waals surface area contributed by atoms with Crippen LogP contribution < -0.4 is 0 Å². The number of alkyl halides is 2. The lowest BCUT2D eigenvalue weighted by Crippen LogP contribution is -2.61. The molecule has 1 unspecified atom stereocenters. The predicted molar refractivity (Wildman–Crippen MR) is 168 cm³/mol. The first kappa shape index (κ1) is 33.2. The number of rotatable bonds is 9. The number of carbonyl (C=O) groups excluding carboxylic acids is 4. The fraction of sp³-hybridized carbons (Fsp3) is 0.189. The molecule has 1 N–H and O–H groups in total. The molecule has 1 saturated heterocycles. The molecule has 4 aromatic carbocycles. The highest BCUT2D eigenvalue weighted by Crippen LogP contribution is 2.45. The molecule has 250 valence electrons. The first-order valence-electron chi connectivity index (χ1n) is 15.2. The lowest BCUT2D eigenvalue weighted by Gasteiger charge is -2.41. The number of esters is 3. The maximum absolute atomic E-state index is 15.9. The Balaban J connectivity index is 1.38. The summed E-state index contributed by atoms with van der Waals surface area (Å²) in [6.45, 7) is -0.591. The summed E-state index contributed by atoms with van der Waals surface area (Å²) in [7, 11) is 0. The van der Waals surface area contributed by atoms with Gasteiger partial charge >= 0.3 is 29.7 Å². The SMILES string of the molecule is O=C(OC[C@H]1O[C@@H](N2C=CC(O)(c3ccccc3)C(F)(F)C2=O)[C@H](OC(=O)c2ccccc2)[C@@H]1OC(=O)c1ccccc1)c1ccccc1. The summed E-state index contributed by atoms with van der Waals surface area (Å²) in [5.41, 5.74) is -2.91. The molecule has 1 fully saturated rings. The van der Waals surface area contributed by atoms with Gasteiger partial charge in [0.15, 0.2) is 24.0 Å². The third-order valence-electron chi connectivity index (χ3n) is 8.13. The summed E-state index contributed by atoms with van der Waals surface area (Å²) >= 11 is 0. The lowest BCUT2D eigenvalue weighted by atomic mass is 9.84. The molecule has 5 atom stereocenters. The Bertz CT molecular complexity index is 1840. The Morgan fingerprint density at radius 2 is 1.14 bits per heavy atom. The van der Waals surface area contributed by atoms with Crippen molar-refractivity contribution in [2.75, 3.05) is 6.61 Å². The van der Waals surface area contributed by atoms with Crippen molar-refractivity contribution in [3.63, 3.8) is 0 Å². The van der Waals surface area contributed by atoms with Crippen LogP contribution in [0.2, 0.25) is 0 Å². The molecular formula is C37H29F2NO9. The Labute approximate surface area is 279 Å². The van der Waals surface area contributed by atoms with Crippen LogP contribution in [0.4, 0.5) is 8.78 Å². The zero-order chi connectivity index (χ0) is 34.6. The molecule has 10 nitrogen and oxygen atoms in total. The molecule has 12 heteroatoms. The van der Waals surface area contributed by atoms with Crippen LogP contribution in [0.1, 0.15) is 36.6 Å². The average Bonchev–Trinajstić information content (AvgIpc) is 3.46. The molecule has 0 aliphatic carbocycles. The van der Waals surface area contributed by atoms with Gasteiger partial charge in [0.1, 0.15) is 12.7 Å². The second kappa shape index (κ2) is 13.8. The summed E-state index contributed by atoms with van der Waals surface area (Å²) in [6, 6.07) is 30.3. The van der Waals surface area contributed by atoms with Crippen LogP contribution >= 0.6 is 0 Å². The monoisotopic (exact) mass is 669 g/mol. The number of aliphatic hydroxyl groups is 1. The predicted octanol–water partition coefficient (Wildman–Crippen LogP) is 4.90. The van der Waals surface area contributed by atoms with Gasteiger partial charge in [-0.1, -0.05) is 84.9 Å².